The van der Waals surface area contributed by atoms with Crippen molar-refractivity contribution in [1.82, 2.24) is 5.32 Å². The average Bonchev–Trinajstić information content (AvgIpc) is 3.16. The van der Waals surface area contributed by atoms with Crippen LogP contribution in [0.1, 0.15) is 206 Å². The largest absolute Gasteiger partial charge is 0.472 e. The molecule has 0 aliphatic carbocycles. The Hall–Kier alpha value is -1.32. The first-order chi connectivity index (χ1) is 26.8. The van der Waals surface area contributed by atoms with Crippen LogP contribution in [0, 0.1) is 0 Å². The number of nitrogens with one attached hydrogen (secondary N) is 1. The van der Waals surface area contributed by atoms with Gasteiger partial charge in [-0.25, -0.2) is 4.57 Å². The lowest BCUT2D eigenvalue weighted by Gasteiger charge is -2.24. The number of aliphatic hydroxyl groups excluding tert-OH is 2. The third kappa shape index (κ3) is 39.3. The number of amides is 1. The summed E-state index contributed by atoms with van der Waals surface area (Å²) in [6, 6.07) is -1.00. The van der Waals surface area contributed by atoms with Gasteiger partial charge >= 0.3 is 7.82 Å². The van der Waals surface area contributed by atoms with E-state index in [1.165, 1.54) is 128 Å². The van der Waals surface area contributed by atoms with Crippen molar-refractivity contribution in [2.24, 2.45) is 5.73 Å². The van der Waals surface area contributed by atoms with Crippen molar-refractivity contribution in [2.75, 3.05) is 19.8 Å². The second-order valence-corrected chi connectivity index (χ2v) is 16.9. The molecule has 10 heteroatoms. The molecule has 4 atom stereocenters. The third-order valence-electron chi connectivity index (χ3n) is 10.0. The normalized spacial score (nSPS) is 14.9. The summed E-state index contributed by atoms with van der Waals surface area (Å²) in [6.45, 7) is 3.94. The number of rotatable bonds is 42. The van der Waals surface area contributed by atoms with Gasteiger partial charge in [-0.3, -0.25) is 13.8 Å². The number of phosphoric acid groups is 1. The van der Waals surface area contributed by atoms with Crippen molar-refractivity contribution < 1.29 is 33.5 Å². The van der Waals surface area contributed by atoms with Gasteiger partial charge in [-0.15, -0.1) is 0 Å². The molecule has 0 radical (unpaired) electrons. The van der Waals surface area contributed by atoms with E-state index in [4.69, 9.17) is 14.8 Å². The fraction of sp³-hybridized carbons (Fsp3) is 0.844. The van der Waals surface area contributed by atoms with Crippen LogP contribution in [0.3, 0.4) is 0 Å². The van der Waals surface area contributed by atoms with E-state index >= 15 is 0 Å². The van der Waals surface area contributed by atoms with Crippen LogP contribution >= 0.6 is 7.82 Å². The first-order valence-corrected chi connectivity index (χ1v) is 24.2. The molecule has 1 amide bonds. The molecule has 0 heterocycles. The number of unbranched alkanes of at least 4 members (excludes halogenated alkanes) is 24. The summed E-state index contributed by atoms with van der Waals surface area (Å²) in [5.74, 6) is -0.458. The Balaban J connectivity index is 4.34. The maximum Gasteiger partial charge on any atom is 0.472 e. The zero-order valence-corrected chi connectivity index (χ0v) is 36.4. The third-order valence-corrected chi connectivity index (χ3v) is 11.0. The lowest BCUT2D eigenvalue weighted by atomic mass is 10.0. The molecule has 0 bridgehead atoms. The highest BCUT2D eigenvalue weighted by Gasteiger charge is 2.27. The zero-order valence-electron chi connectivity index (χ0n) is 35.5. The Labute approximate surface area is 338 Å². The SMILES string of the molecule is CCCCCCCC/C=C/CC/C=C/CC/C=C/C(O)C(COP(=O)(O)OCCN)NC(=O)CC(O)CCCCCCCCCCCCCCCCCCC. The highest BCUT2D eigenvalue weighted by Crippen LogP contribution is 2.43. The standard InChI is InChI=1S/C45H87N2O7P/c1-3-5-7-9-11-13-15-17-19-21-22-24-26-28-30-32-34-36-42(48)40-45(50)47-43(41-54-55(51,52)53-39-38-46)44(49)37-35-33-31-29-27-25-23-20-18-16-14-12-10-8-6-4-2/h18,20,27,29,35,37,42-44,48-49H,3-17,19,21-26,28,30-34,36,38-41,46H2,1-2H3,(H,47,50)(H,51,52)/b20-18+,29-27+,37-35+. The zero-order chi connectivity index (χ0) is 40.5. The number of aliphatic hydroxyl groups is 2. The quantitative estimate of drug-likeness (QED) is 0.0233. The number of carbonyl (C=O) groups is 1. The Morgan fingerprint density at radius 1 is 0.618 bits per heavy atom. The molecule has 0 spiro atoms. The van der Waals surface area contributed by atoms with Crippen LogP contribution in [0.4, 0.5) is 0 Å². The first-order valence-electron chi connectivity index (χ1n) is 22.7. The molecule has 0 aliphatic rings. The lowest BCUT2D eigenvalue weighted by Crippen LogP contribution is -2.46. The smallest absolute Gasteiger partial charge is 0.393 e. The molecule has 0 saturated carbocycles. The summed E-state index contributed by atoms with van der Waals surface area (Å²) >= 11 is 0. The molecule has 6 N–H and O–H groups in total. The molecular weight excluding hydrogens is 711 g/mol. The number of carbonyl (C=O) groups excluding carboxylic acids is 1. The number of allylic oxidation sites excluding steroid dienone is 5. The number of hydrogen-bond donors (Lipinski definition) is 5. The monoisotopic (exact) mass is 799 g/mol. The predicted molar refractivity (Wildman–Crippen MR) is 232 cm³/mol. The number of hydrogen-bond acceptors (Lipinski definition) is 7. The predicted octanol–water partition coefficient (Wildman–Crippen LogP) is 11.7. The second-order valence-electron chi connectivity index (χ2n) is 15.4. The van der Waals surface area contributed by atoms with E-state index in [1.54, 1.807) is 6.08 Å². The Kier molecular flexibility index (Phi) is 39.9. The number of nitrogens with two attached hydrogens (primary N) is 1. The highest BCUT2D eigenvalue weighted by molar-refractivity contribution is 7.47. The van der Waals surface area contributed by atoms with E-state index in [1.807, 2.05) is 6.08 Å². The average molecular weight is 799 g/mol. The summed E-state index contributed by atoms with van der Waals surface area (Å²) in [6.07, 6.45) is 45.2. The van der Waals surface area contributed by atoms with Crippen molar-refractivity contribution in [3.63, 3.8) is 0 Å². The fourth-order valence-corrected chi connectivity index (χ4v) is 7.32. The Morgan fingerprint density at radius 3 is 1.51 bits per heavy atom. The van der Waals surface area contributed by atoms with Gasteiger partial charge in [0.25, 0.3) is 0 Å². The molecule has 0 aliphatic heterocycles. The van der Waals surface area contributed by atoms with Crippen molar-refractivity contribution in [3.05, 3.63) is 36.5 Å². The van der Waals surface area contributed by atoms with E-state index in [0.717, 1.165) is 44.9 Å². The van der Waals surface area contributed by atoms with Gasteiger partial charge < -0.3 is 26.2 Å². The van der Waals surface area contributed by atoms with Gasteiger partial charge in [-0.05, 0) is 44.9 Å². The van der Waals surface area contributed by atoms with Crippen molar-refractivity contribution in [1.29, 1.82) is 0 Å². The van der Waals surface area contributed by atoms with E-state index < -0.39 is 38.6 Å². The molecule has 0 rings (SSSR count). The summed E-state index contributed by atoms with van der Waals surface area (Å²) < 4.78 is 22.1. The van der Waals surface area contributed by atoms with Gasteiger partial charge in [0.2, 0.25) is 5.91 Å². The molecule has 0 fully saturated rings. The van der Waals surface area contributed by atoms with E-state index in [-0.39, 0.29) is 19.6 Å². The molecule has 0 aromatic carbocycles. The van der Waals surface area contributed by atoms with Crippen LogP contribution in [-0.2, 0) is 18.4 Å². The molecule has 4 unspecified atom stereocenters. The van der Waals surface area contributed by atoms with Crippen LogP contribution in [0.2, 0.25) is 0 Å². The van der Waals surface area contributed by atoms with Gasteiger partial charge in [0.15, 0.2) is 0 Å². The van der Waals surface area contributed by atoms with E-state index in [9.17, 15) is 24.5 Å². The van der Waals surface area contributed by atoms with Crippen LogP contribution in [0.25, 0.3) is 0 Å². The second kappa shape index (κ2) is 40.9. The van der Waals surface area contributed by atoms with Crippen LogP contribution in [-0.4, -0.2) is 59.0 Å². The fourth-order valence-electron chi connectivity index (χ4n) is 6.56. The molecule has 55 heavy (non-hydrogen) atoms. The molecule has 0 aromatic heterocycles. The maximum absolute atomic E-state index is 12.8. The minimum Gasteiger partial charge on any atom is -0.393 e. The Bertz CT molecular complexity index is 977. The van der Waals surface area contributed by atoms with E-state index in [2.05, 4.69) is 43.5 Å². The van der Waals surface area contributed by atoms with Gasteiger partial charge in [-0.1, -0.05) is 192 Å². The first kappa shape index (κ1) is 53.7. The minimum atomic E-state index is -4.41. The van der Waals surface area contributed by atoms with Crippen molar-refractivity contribution >= 4 is 13.7 Å². The Morgan fingerprint density at radius 2 is 1.04 bits per heavy atom. The van der Waals surface area contributed by atoms with Crippen LogP contribution in [0.15, 0.2) is 36.5 Å². The van der Waals surface area contributed by atoms with Crippen molar-refractivity contribution in [2.45, 2.75) is 225 Å². The lowest BCUT2D eigenvalue weighted by molar-refractivity contribution is -0.124. The molecule has 0 saturated heterocycles. The summed E-state index contributed by atoms with van der Waals surface area (Å²) in [4.78, 5) is 22.8. The molecule has 324 valence electrons. The van der Waals surface area contributed by atoms with Crippen LogP contribution in [0.5, 0.6) is 0 Å². The minimum absolute atomic E-state index is 0.0428. The molecule has 0 aromatic rings. The van der Waals surface area contributed by atoms with Crippen LogP contribution < -0.4 is 11.1 Å². The summed E-state index contributed by atoms with van der Waals surface area (Å²) in [5.41, 5.74) is 5.36. The van der Waals surface area contributed by atoms with Gasteiger partial charge in [-0.2, -0.15) is 0 Å². The highest BCUT2D eigenvalue weighted by atomic mass is 31.2. The number of phosphoric ester groups is 1. The van der Waals surface area contributed by atoms with E-state index in [0.29, 0.717) is 12.8 Å². The topological polar surface area (TPSA) is 151 Å². The molecule has 9 nitrogen and oxygen atoms in total. The van der Waals surface area contributed by atoms with Gasteiger partial charge in [0, 0.05) is 6.54 Å². The van der Waals surface area contributed by atoms with Gasteiger partial charge in [0.05, 0.1) is 37.9 Å². The summed E-state index contributed by atoms with van der Waals surface area (Å²) in [5, 5.41) is 24.0. The summed E-state index contributed by atoms with van der Waals surface area (Å²) in [7, 11) is -4.41. The van der Waals surface area contributed by atoms with Crippen molar-refractivity contribution in [3.8, 4) is 0 Å². The maximum atomic E-state index is 12.8. The molecular formula is C45H87N2O7P. The van der Waals surface area contributed by atoms with Gasteiger partial charge in [0.1, 0.15) is 0 Å².